The van der Waals surface area contributed by atoms with E-state index in [9.17, 15) is 14.9 Å². The average molecular weight is 368 g/mol. The van der Waals surface area contributed by atoms with Crippen molar-refractivity contribution in [2.45, 2.75) is 6.42 Å². The molecule has 2 rings (SSSR count). The first-order valence-corrected chi connectivity index (χ1v) is 7.86. The van der Waals surface area contributed by atoms with Crippen molar-refractivity contribution in [3.8, 4) is 0 Å². The average Bonchev–Trinajstić information content (AvgIpc) is 2.56. The number of nitro groups is 1. The Morgan fingerprint density at radius 2 is 1.96 bits per heavy atom. The van der Waals surface area contributed by atoms with E-state index in [-0.39, 0.29) is 11.3 Å². The lowest BCUT2D eigenvalue weighted by atomic mass is 10.1. The molecule has 2 N–H and O–H groups in total. The first-order chi connectivity index (χ1) is 11.4. The Morgan fingerprint density at radius 1 is 1.21 bits per heavy atom. The molecule has 126 valence electrons. The number of carbonyl (C=O) groups is 1. The Bertz CT molecular complexity index is 781. The van der Waals surface area contributed by atoms with E-state index >= 15 is 0 Å². The number of amides is 1. The normalized spacial score (nSPS) is 10.3. The maximum Gasteiger partial charge on any atom is 0.270 e. The van der Waals surface area contributed by atoms with Crippen LogP contribution in [0.1, 0.15) is 15.9 Å². The largest absolute Gasteiger partial charge is 0.387 e. The van der Waals surface area contributed by atoms with Gasteiger partial charge in [0, 0.05) is 41.5 Å². The Labute approximate surface area is 148 Å². The third-order valence-electron chi connectivity index (χ3n) is 3.42. The number of halogens is 2. The molecule has 0 bridgehead atoms. The van der Waals surface area contributed by atoms with Crippen LogP contribution in [0, 0.1) is 10.1 Å². The molecule has 0 aliphatic carbocycles. The molecule has 0 atom stereocenters. The van der Waals surface area contributed by atoms with Crippen LogP contribution < -0.4 is 10.6 Å². The second kappa shape index (κ2) is 7.99. The van der Waals surface area contributed by atoms with Crippen molar-refractivity contribution >= 4 is 40.5 Å². The second-order valence-corrected chi connectivity index (χ2v) is 5.82. The minimum atomic E-state index is -0.538. The molecule has 2 aromatic rings. The lowest BCUT2D eigenvalue weighted by molar-refractivity contribution is -0.384. The first kappa shape index (κ1) is 18.0. The van der Waals surface area contributed by atoms with Crippen molar-refractivity contribution in [3.05, 3.63) is 67.7 Å². The van der Waals surface area contributed by atoms with E-state index in [0.29, 0.717) is 28.7 Å². The highest BCUT2D eigenvalue weighted by Gasteiger charge is 2.16. The van der Waals surface area contributed by atoms with Crippen molar-refractivity contribution in [2.75, 3.05) is 18.9 Å². The van der Waals surface area contributed by atoms with Crippen molar-refractivity contribution in [2.24, 2.45) is 0 Å². The van der Waals surface area contributed by atoms with Gasteiger partial charge in [-0.15, -0.1) is 0 Å². The van der Waals surface area contributed by atoms with Gasteiger partial charge in [-0.3, -0.25) is 14.9 Å². The summed E-state index contributed by atoms with van der Waals surface area (Å²) in [6, 6.07) is 9.25. The summed E-state index contributed by atoms with van der Waals surface area (Å²) in [6.45, 7) is 0.339. The maximum atomic E-state index is 12.3. The fourth-order valence-corrected chi connectivity index (χ4v) is 2.69. The van der Waals surface area contributed by atoms with E-state index in [4.69, 9.17) is 23.2 Å². The summed E-state index contributed by atoms with van der Waals surface area (Å²) < 4.78 is 0. The van der Waals surface area contributed by atoms with Crippen LogP contribution in [0.3, 0.4) is 0 Å². The summed E-state index contributed by atoms with van der Waals surface area (Å²) in [7, 11) is 1.64. The van der Waals surface area contributed by atoms with Gasteiger partial charge in [0.2, 0.25) is 0 Å². The number of rotatable bonds is 6. The number of nitro benzene ring substituents is 1. The van der Waals surface area contributed by atoms with Crippen molar-refractivity contribution in [1.82, 2.24) is 5.32 Å². The van der Waals surface area contributed by atoms with Gasteiger partial charge >= 0.3 is 0 Å². The molecule has 0 saturated carbocycles. The molecule has 0 aliphatic rings. The molecule has 8 heteroatoms. The van der Waals surface area contributed by atoms with E-state index in [1.54, 1.807) is 25.2 Å². The minimum absolute atomic E-state index is 0.139. The molecule has 0 fully saturated rings. The van der Waals surface area contributed by atoms with Crippen LogP contribution >= 0.6 is 23.2 Å². The summed E-state index contributed by atoms with van der Waals surface area (Å²) in [4.78, 5) is 22.6. The van der Waals surface area contributed by atoms with Crippen molar-refractivity contribution < 1.29 is 9.72 Å². The number of anilines is 1. The molecule has 1 amide bonds. The predicted octanol–water partition coefficient (Wildman–Crippen LogP) is 3.92. The van der Waals surface area contributed by atoms with E-state index in [2.05, 4.69) is 10.6 Å². The lowest BCUT2D eigenvalue weighted by Gasteiger charge is -2.10. The van der Waals surface area contributed by atoms with E-state index in [0.717, 1.165) is 5.56 Å². The number of hydrogen-bond acceptors (Lipinski definition) is 4. The fourth-order valence-electron chi connectivity index (χ4n) is 2.18. The highest BCUT2D eigenvalue weighted by molar-refractivity contribution is 6.35. The van der Waals surface area contributed by atoms with Gasteiger partial charge in [0.15, 0.2) is 0 Å². The summed E-state index contributed by atoms with van der Waals surface area (Å²) in [5, 5.41) is 17.5. The maximum absolute atomic E-state index is 12.3. The van der Waals surface area contributed by atoms with Crippen LogP contribution in [0.4, 0.5) is 11.4 Å². The third-order valence-corrected chi connectivity index (χ3v) is 4.01. The Balaban J connectivity index is 2.06. The predicted molar refractivity (Wildman–Crippen MR) is 95.1 cm³/mol. The number of nitrogens with one attached hydrogen (secondary N) is 2. The molecule has 0 aliphatic heterocycles. The smallest absolute Gasteiger partial charge is 0.270 e. The zero-order valence-corrected chi connectivity index (χ0v) is 14.3. The molecule has 0 heterocycles. The van der Waals surface area contributed by atoms with Crippen LogP contribution in [-0.4, -0.2) is 24.4 Å². The highest BCUT2D eigenvalue weighted by atomic mass is 35.5. The first-order valence-electron chi connectivity index (χ1n) is 7.10. The van der Waals surface area contributed by atoms with E-state index < -0.39 is 10.8 Å². The van der Waals surface area contributed by atoms with Gasteiger partial charge in [0.1, 0.15) is 0 Å². The SMILES string of the molecule is CNc1ccc([N+](=O)[O-])cc1C(=O)NCCc1ccc(Cl)cc1Cl. The molecular weight excluding hydrogens is 353 g/mol. The topological polar surface area (TPSA) is 84.3 Å². The number of benzene rings is 2. The van der Waals surface area contributed by atoms with Crippen LogP contribution in [-0.2, 0) is 6.42 Å². The summed E-state index contributed by atoms with van der Waals surface area (Å²) in [5.74, 6) is -0.395. The standard InChI is InChI=1S/C16H15Cl2N3O3/c1-19-15-5-4-12(21(23)24)9-13(15)16(22)20-7-6-10-2-3-11(17)8-14(10)18/h2-5,8-9,19H,6-7H2,1H3,(H,20,22). The Hall–Kier alpha value is -2.31. The van der Waals surface area contributed by atoms with Crippen LogP contribution in [0.5, 0.6) is 0 Å². The van der Waals surface area contributed by atoms with Gasteiger partial charge in [-0.25, -0.2) is 0 Å². The Morgan fingerprint density at radius 3 is 2.58 bits per heavy atom. The van der Waals surface area contributed by atoms with Crippen molar-refractivity contribution in [1.29, 1.82) is 0 Å². The summed E-state index contributed by atoms with van der Waals surface area (Å²) >= 11 is 11.9. The van der Waals surface area contributed by atoms with E-state index in [1.807, 2.05) is 0 Å². The zero-order chi connectivity index (χ0) is 17.7. The number of non-ortho nitro benzene ring substituents is 1. The van der Waals surface area contributed by atoms with Crippen molar-refractivity contribution in [3.63, 3.8) is 0 Å². The molecular formula is C16H15Cl2N3O3. The van der Waals surface area contributed by atoms with Gasteiger partial charge in [0.05, 0.1) is 10.5 Å². The second-order valence-electron chi connectivity index (χ2n) is 4.98. The van der Waals surface area contributed by atoms with Gasteiger partial charge in [-0.2, -0.15) is 0 Å². The van der Waals surface area contributed by atoms with Gasteiger partial charge < -0.3 is 10.6 Å². The van der Waals surface area contributed by atoms with Crippen LogP contribution in [0.2, 0.25) is 10.0 Å². The summed E-state index contributed by atoms with van der Waals surface area (Å²) in [5.41, 5.74) is 1.45. The lowest BCUT2D eigenvalue weighted by Crippen LogP contribution is -2.26. The monoisotopic (exact) mass is 367 g/mol. The molecule has 0 radical (unpaired) electrons. The minimum Gasteiger partial charge on any atom is -0.387 e. The number of carbonyl (C=O) groups excluding carboxylic acids is 1. The molecule has 2 aromatic carbocycles. The third kappa shape index (κ3) is 4.37. The molecule has 0 aromatic heterocycles. The van der Waals surface area contributed by atoms with Gasteiger partial charge in [-0.05, 0) is 30.2 Å². The molecule has 24 heavy (non-hydrogen) atoms. The summed E-state index contributed by atoms with van der Waals surface area (Å²) in [6.07, 6.45) is 0.519. The number of hydrogen-bond donors (Lipinski definition) is 2. The van der Waals surface area contributed by atoms with E-state index in [1.165, 1.54) is 18.2 Å². The zero-order valence-electron chi connectivity index (χ0n) is 12.8. The molecule has 0 saturated heterocycles. The quantitative estimate of drug-likeness (QED) is 0.598. The molecule has 0 spiro atoms. The fraction of sp³-hybridized carbons (Fsp3) is 0.188. The Kier molecular flexibility index (Phi) is 6.00. The van der Waals surface area contributed by atoms with Gasteiger partial charge in [-0.1, -0.05) is 29.3 Å². The van der Waals surface area contributed by atoms with Gasteiger partial charge in [0.25, 0.3) is 11.6 Å². The molecule has 6 nitrogen and oxygen atoms in total. The molecule has 0 unspecified atom stereocenters. The van der Waals surface area contributed by atoms with Crippen LogP contribution in [0.25, 0.3) is 0 Å². The van der Waals surface area contributed by atoms with Crippen LogP contribution in [0.15, 0.2) is 36.4 Å². The number of nitrogens with zero attached hydrogens (tertiary/aromatic N) is 1. The highest BCUT2D eigenvalue weighted by Crippen LogP contribution is 2.23.